The molecule has 1 aliphatic rings. The lowest BCUT2D eigenvalue weighted by Crippen LogP contribution is -2.32. The Morgan fingerprint density at radius 3 is 2.57 bits per heavy atom. The van der Waals surface area contributed by atoms with Crippen LogP contribution in [0.5, 0.6) is 0 Å². The molecule has 0 spiro atoms. The van der Waals surface area contributed by atoms with Crippen molar-refractivity contribution in [1.82, 2.24) is 5.32 Å². The standard InChI is InChI=1S/C20H23ClN2O4S/c1-14-5-8-17(9-6-14)28(25,26)23(2)15-7-10-18(19(21)12-15)20(24)22-13-16-4-3-11-27-16/h5-10,12,16H,3-4,11,13H2,1-2H3,(H,22,24). The van der Waals surface area contributed by atoms with Gasteiger partial charge in [-0.25, -0.2) is 8.42 Å². The molecular formula is C20H23ClN2O4S. The van der Waals surface area contributed by atoms with Crippen LogP contribution in [0.25, 0.3) is 0 Å². The Balaban J connectivity index is 1.75. The van der Waals surface area contributed by atoms with Crippen molar-refractivity contribution >= 4 is 33.2 Å². The van der Waals surface area contributed by atoms with E-state index in [4.69, 9.17) is 16.3 Å². The van der Waals surface area contributed by atoms with Crippen LogP contribution in [0.2, 0.25) is 5.02 Å². The lowest BCUT2D eigenvalue weighted by molar-refractivity contribution is 0.0858. The highest BCUT2D eigenvalue weighted by Crippen LogP contribution is 2.27. The summed E-state index contributed by atoms with van der Waals surface area (Å²) in [6, 6.07) is 11.2. The van der Waals surface area contributed by atoms with Gasteiger partial charge in [0.1, 0.15) is 0 Å². The smallest absolute Gasteiger partial charge is 0.264 e. The van der Waals surface area contributed by atoms with Crippen molar-refractivity contribution in [2.75, 3.05) is 24.5 Å². The summed E-state index contributed by atoms with van der Waals surface area (Å²) in [4.78, 5) is 12.6. The fourth-order valence-corrected chi connectivity index (χ4v) is 4.45. The molecule has 1 fully saturated rings. The van der Waals surface area contributed by atoms with Gasteiger partial charge in [-0.05, 0) is 50.1 Å². The van der Waals surface area contributed by atoms with Gasteiger partial charge in [-0.2, -0.15) is 0 Å². The molecule has 0 aliphatic carbocycles. The lowest BCUT2D eigenvalue weighted by Gasteiger charge is -2.20. The van der Waals surface area contributed by atoms with Crippen LogP contribution in [0.1, 0.15) is 28.8 Å². The minimum Gasteiger partial charge on any atom is -0.376 e. The molecule has 3 rings (SSSR count). The van der Waals surface area contributed by atoms with Crippen molar-refractivity contribution in [2.45, 2.75) is 30.8 Å². The maximum absolute atomic E-state index is 12.8. The van der Waals surface area contributed by atoms with Gasteiger partial charge in [0.25, 0.3) is 15.9 Å². The first kappa shape index (κ1) is 20.6. The van der Waals surface area contributed by atoms with Crippen LogP contribution < -0.4 is 9.62 Å². The number of ether oxygens (including phenoxy) is 1. The molecule has 1 unspecified atom stereocenters. The van der Waals surface area contributed by atoms with Crippen LogP contribution >= 0.6 is 11.6 Å². The molecule has 0 saturated carbocycles. The summed E-state index contributed by atoms with van der Waals surface area (Å²) < 4.78 is 32.3. The highest BCUT2D eigenvalue weighted by molar-refractivity contribution is 7.92. The molecule has 2 aromatic carbocycles. The van der Waals surface area contributed by atoms with Gasteiger partial charge in [0, 0.05) is 20.2 Å². The van der Waals surface area contributed by atoms with E-state index >= 15 is 0 Å². The number of hydrogen-bond donors (Lipinski definition) is 1. The summed E-state index contributed by atoms with van der Waals surface area (Å²) in [5, 5.41) is 3.00. The van der Waals surface area contributed by atoms with Crippen molar-refractivity contribution < 1.29 is 17.9 Å². The van der Waals surface area contributed by atoms with E-state index in [0.717, 1.165) is 29.3 Å². The largest absolute Gasteiger partial charge is 0.376 e. The molecule has 1 N–H and O–H groups in total. The van der Waals surface area contributed by atoms with Crippen LogP contribution in [0.4, 0.5) is 5.69 Å². The van der Waals surface area contributed by atoms with Crippen molar-refractivity contribution in [3.63, 3.8) is 0 Å². The second-order valence-corrected chi connectivity index (χ2v) is 9.17. The van der Waals surface area contributed by atoms with Crippen molar-refractivity contribution in [3.05, 3.63) is 58.6 Å². The second-order valence-electron chi connectivity index (χ2n) is 6.79. The summed E-state index contributed by atoms with van der Waals surface area (Å²) in [5.41, 5.74) is 1.65. The normalized spacial score (nSPS) is 16.8. The van der Waals surface area contributed by atoms with E-state index in [9.17, 15) is 13.2 Å². The number of carbonyl (C=O) groups excluding carboxylic acids is 1. The second kappa shape index (κ2) is 8.51. The SMILES string of the molecule is Cc1ccc(S(=O)(=O)N(C)c2ccc(C(=O)NCC3CCCO3)c(Cl)c2)cc1. The van der Waals surface area contributed by atoms with Gasteiger partial charge in [-0.3, -0.25) is 9.10 Å². The number of carbonyl (C=O) groups is 1. The zero-order valence-electron chi connectivity index (χ0n) is 15.8. The topological polar surface area (TPSA) is 75.7 Å². The molecule has 8 heteroatoms. The zero-order chi connectivity index (χ0) is 20.3. The van der Waals surface area contributed by atoms with Gasteiger partial charge in [-0.1, -0.05) is 29.3 Å². The first-order valence-electron chi connectivity index (χ1n) is 9.04. The molecular weight excluding hydrogens is 400 g/mol. The Bertz CT molecular complexity index is 955. The van der Waals surface area contributed by atoms with Gasteiger partial charge in [0.2, 0.25) is 0 Å². The fraction of sp³-hybridized carbons (Fsp3) is 0.350. The third kappa shape index (κ3) is 4.48. The highest BCUT2D eigenvalue weighted by Gasteiger charge is 2.23. The lowest BCUT2D eigenvalue weighted by atomic mass is 10.2. The average Bonchev–Trinajstić information content (AvgIpc) is 3.19. The third-order valence-corrected chi connectivity index (χ3v) is 6.87. The molecule has 1 amide bonds. The number of nitrogens with one attached hydrogen (secondary N) is 1. The van der Waals surface area contributed by atoms with E-state index < -0.39 is 10.0 Å². The predicted octanol–water partition coefficient (Wildman–Crippen LogP) is 3.38. The summed E-state index contributed by atoms with van der Waals surface area (Å²) in [7, 11) is -2.27. The van der Waals surface area contributed by atoms with Crippen molar-refractivity contribution in [2.24, 2.45) is 0 Å². The van der Waals surface area contributed by atoms with E-state index in [1.54, 1.807) is 30.3 Å². The molecule has 0 bridgehead atoms. The molecule has 1 aliphatic heterocycles. The highest BCUT2D eigenvalue weighted by atomic mass is 35.5. The number of sulfonamides is 1. The van der Waals surface area contributed by atoms with Crippen LogP contribution in [0.3, 0.4) is 0 Å². The Morgan fingerprint density at radius 2 is 1.96 bits per heavy atom. The quantitative estimate of drug-likeness (QED) is 0.774. The third-order valence-electron chi connectivity index (χ3n) is 4.75. The average molecular weight is 423 g/mol. The molecule has 1 saturated heterocycles. The monoisotopic (exact) mass is 422 g/mol. The Labute approximate surface area is 170 Å². The number of anilines is 1. The Morgan fingerprint density at radius 1 is 1.25 bits per heavy atom. The number of benzene rings is 2. The number of halogens is 1. The number of nitrogens with zero attached hydrogens (tertiary/aromatic N) is 1. The van der Waals surface area contributed by atoms with E-state index in [1.165, 1.54) is 19.2 Å². The summed E-state index contributed by atoms with van der Waals surface area (Å²) in [5.74, 6) is -0.309. The molecule has 28 heavy (non-hydrogen) atoms. The molecule has 0 radical (unpaired) electrons. The maximum Gasteiger partial charge on any atom is 0.264 e. The molecule has 1 heterocycles. The van der Waals surface area contributed by atoms with Crippen LogP contribution in [-0.4, -0.2) is 40.6 Å². The van der Waals surface area contributed by atoms with Gasteiger partial charge in [0.05, 0.1) is 27.3 Å². The van der Waals surface area contributed by atoms with Crippen molar-refractivity contribution in [3.8, 4) is 0 Å². The predicted molar refractivity (Wildman–Crippen MR) is 110 cm³/mol. The minimum atomic E-state index is -3.72. The van der Waals surface area contributed by atoms with E-state index in [0.29, 0.717) is 17.8 Å². The van der Waals surface area contributed by atoms with E-state index in [1.807, 2.05) is 6.92 Å². The van der Waals surface area contributed by atoms with Gasteiger partial charge >= 0.3 is 0 Å². The molecule has 150 valence electrons. The molecule has 1 atom stereocenters. The van der Waals surface area contributed by atoms with Gasteiger partial charge in [0.15, 0.2) is 0 Å². The van der Waals surface area contributed by atoms with Crippen LogP contribution in [0, 0.1) is 6.92 Å². The number of rotatable bonds is 6. The summed E-state index contributed by atoms with van der Waals surface area (Å²) in [6.07, 6.45) is 1.96. The molecule has 2 aromatic rings. The first-order chi connectivity index (χ1) is 13.3. The van der Waals surface area contributed by atoms with E-state index in [-0.39, 0.29) is 21.9 Å². The van der Waals surface area contributed by atoms with Gasteiger partial charge in [-0.15, -0.1) is 0 Å². The minimum absolute atomic E-state index is 0.0350. The summed E-state index contributed by atoms with van der Waals surface area (Å²) >= 11 is 6.27. The zero-order valence-corrected chi connectivity index (χ0v) is 17.4. The maximum atomic E-state index is 12.8. The number of amides is 1. The van der Waals surface area contributed by atoms with Gasteiger partial charge < -0.3 is 10.1 Å². The Hall–Kier alpha value is -2.09. The number of hydrogen-bond acceptors (Lipinski definition) is 4. The molecule has 0 aromatic heterocycles. The van der Waals surface area contributed by atoms with E-state index in [2.05, 4.69) is 5.32 Å². The Kier molecular flexibility index (Phi) is 6.27. The number of aryl methyl sites for hydroxylation is 1. The fourth-order valence-electron chi connectivity index (χ4n) is 3.00. The summed E-state index contributed by atoms with van der Waals surface area (Å²) in [6.45, 7) is 3.04. The van der Waals surface area contributed by atoms with Crippen molar-refractivity contribution in [1.29, 1.82) is 0 Å². The van der Waals surface area contributed by atoms with Crippen LogP contribution in [-0.2, 0) is 14.8 Å². The van der Waals surface area contributed by atoms with Crippen LogP contribution in [0.15, 0.2) is 47.4 Å². The first-order valence-corrected chi connectivity index (χ1v) is 10.9. The molecule has 6 nitrogen and oxygen atoms in total.